The summed E-state index contributed by atoms with van der Waals surface area (Å²) in [4.78, 5) is 0. The molecule has 3 nitrogen and oxygen atoms in total. The lowest BCUT2D eigenvalue weighted by Crippen LogP contribution is -2.11. The highest BCUT2D eigenvalue weighted by Gasteiger charge is 2.23. The number of aryl methyl sites for hydroxylation is 1. The van der Waals surface area contributed by atoms with Crippen LogP contribution >= 0.6 is 0 Å². The lowest BCUT2D eigenvalue weighted by molar-refractivity contribution is 0.156. The molecule has 2 N–H and O–H groups in total. The molecule has 1 aliphatic rings. The highest BCUT2D eigenvalue weighted by molar-refractivity contribution is 5.44. The van der Waals surface area contributed by atoms with Gasteiger partial charge in [0.15, 0.2) is 0 Å². The van der Waals surface area contributed by atoms with Crippen LogP contribution < -0.4 is 0 Å². The third-order valence-electron chi connectivity index (χ3n) is 4.17. The van der Waals surface area contributed by atoms with Gasteiger partial charge in [-0.1, -0.05) is 12.1 Å². The Labute approximate surface area is 119 Å². The van der Waals surface area contributed by atoms with Gasteiger partial charge in [0.1, 0.15) is 0 Å². The van der Waals surface area contributed by atoms with Gasteiger partial charge in [0.05, 0.1) is 6.10 Å². The molecule has 1 aromatic carbocycles. The van der Waals surface area contributed by atoms with E-state index in [0.717, 1.165) is 36.1 Å². The van der Waals surface area contributed by atoms with Gasteiger partial charge in [-0.2, -0.15) is 0 Å². The van der Waals surface area contributed by atoms with Crippen molar-refractivity contribution < 1.29 is 10.2 Å². The Bertz CT molecular complexity index is 598. The smallest absolute Gasteiger partial charge is 0.0807 e. The second kappa shape index (κ2) is 5.43. The second-order valence-corrected chi connectivity index (χ2v) is 5.57. The molecule has 1 aliphatic carbocycles. The average Bonchev–Trinajstić information content (AvgIpc) is 2.78. The van der Waals surface area contributed by atoms with Crippen molar-refractivity contribution in [1.82, 2.24) is 4.57 Å². The fourth-order valence-corrected chi connectivity index (χ4v) is 3.18. The average molecular weight is 271 g/mol. The summed E-state index contributed by atoms with van der Waals surface area (Å²) in [7, 11) is 0. The van der Waals surface area contributed by atoms with Gasteiger partial charge in [0.25, 0.3) is 0 Å². The summed E-state index contributed by atoms with van der Waals surface area (Å²) in [5, 5.41) is 19.1. The molecule has 2 aromatic rings. The van der Waals surface area contributed by atoms with Gasteiger partial charge in [0.2, 0.25) is 0 Å². The predicted molar refractivity (Wildman–Crippen MR) is 79.2 cm³/mol. The van der Waals surface area contributed by atoms with Gasteiger partial charge in [-0.3, -0.25) is 0 Å². The van der Waals surface area contributed by atoms with E-state index in [4.69, 9.17) is 5.11 Å². The van der Waals surface area contributed by atoms with Crippen molar-refractivity contribution >= 4 is 0 Å². The highest BCUT2D eigenvalue weighted by Crippen LogP contribution is 2.33. The van der Waals surface area contributed by atoms with Gasteiger partial charge >= 0.3 is 0 Å². The van der Waals surface area contributed by atoms with E-state index in [1.807, 2.05) is 0 Å². The third kappa shape index (κ3) is 2.28. The summed E-state index contributed by atoms with van der Waals surface area (Å²) in [6, 6.07) is 10.4. The summed E-state index contributed by atoms with van der Waals surface area (Å²) < 4.78 is 2.25. The Morgan fingerprint density at radius 1 is 1.25 bits per heavy atom. The Balaban J connectivity index is 2.01. The van der Waals surface area contributed by atoms with E-state index in [9.17, 15) is 5.11 Å². The Hall–Kier alpha value is -1.58. The van der Waals surface area contributed by atoms with Crippen molar-refractivity contribution in [2.75, 3.05) is 6.61 Å². The molecule has 0 bridgehead atoms. The largest absolute Gasteiger partial charge is 0.396 e. The normalized spacial score (nSPS) is 18.1. The number of fused-ring (bicyclic) bond motifs is 1. The van der Waals surface area contributed by atoms with Crippen molar-refractivity contribution in [3.63, 3.8) is 0 Å². The molecular formula is C17H21NO2. The first kappa shape index (κ1) is 13.4. The first-order valence-corrected chi connectivity index (χ1v) is 7.30. The molecule has 1 unspecified atom stereocenters. The number of aliphatic hydroxyl groups is 2. The SMILES string of the molecule is Cc1cc2c(n1-c1ccc(CCO)cc1)CCCC2O. The second-order valence-electron chi connectivity index (χ2n) is 5.57. The minimum atomic E-state index is -0.313. The zero-order chi connectivity index (χ0) is 14.1. The number of hydrogen-bond donors (Lipinski definition) is 2. The number of nitrogens with zero attached hydrogens (tertiary/aromatic N) is 1. The maximum Gasteiger partial charge on any atom is 0.0807 e. The van der Waals surface area contributed by atoms with Gasteiger partial charge < -0.3 is 14.8 Å². The van der Waals surface area contributed by atoms with Gasteiger partial charge in [0, 0.05) is 29.2 Å². The molecule has 0 fully saturated rings. The molecule has 1 heterocycles. The topological polar surface area (TPSA) is 45.4 Å². The van der Waals surface area contributed by atoms with E-state index < -0.39 is 0 Å². The van der Waals surface area contributed by atoms with Gasteiger partial charge in [-0.15, -0.1) is 0 Å². The van der Waals surface area contributed by atoms with E-state index in [2.05, 4.69) is 41.8 Å². The quantitative estimate of drug-likeness (QED) is 0.901. The van der Waals surface area contributed by atoms with Crippen LogP contribution in [0.25, 0.3) is 5.69 Å². The molecule has 1 atom stereocenters. The standard InChI is InChI=1S/C17H21NO2/c1-12-11-15-16(3-2-4-17(15)20)18(12)14-7-5-13(6-8-14)9-10-19/h5-8,11,17,19-20H,2-4,9-10H2,1H3. The van der Waals surface area contributed by atoms with Crippen molar-refractivity contribution in [1.29, 1.82) is 0 Å². The summed E-state index contributed by atoms with van der Waals surface area (Å²) >= 11 is 0. The maximum atomic E-state index is 10.1. The molecule has 20 heavy (non-hydrogen) atoms. The van der Waals surface area contributed by atoms with E-state index >= 15 is 0 Å². The molecular weight excluding hydrogens is 250 g/mol. The van der Waals surface area contributed by atoms with Crippen molar-refractivity contribution in [2.24, 2.45) is 0 Å². The predicted octanol–water partition coefficient (Wildman–Crippen LogP) is 2.69. The number of aliphatic hydroxyl groups excluding tert-OH is 2. The maximum absolute atomic E-state index is 10.1. The fraction of sp³-hybridized carbons (Fsp3) is 0.412. The monoisotopic (exact) mass is 271 g/mol. The summed E-state index contributed by atoms with van der Waals surface area (Å²) in [5.41, 5.74) is 5.80. The molecule has 0 amide bonds. The minimum absolute atomic E-state index is 0.184. The zero-order valence-corrected chi connectivity index (χ0v) is 11.8. The van der Waals surface area contributed by atoms with E-state index in [1.54, 1.807) is 0 Å². The zero-order valence-electron chi connectivity index (χ0n) is 11.8. The third-order valence-corrected chi connectivity index (χ3v) is 4.17. The van der Waals surface area contributed by atoms with E-state index in [1.165, 1.54) is 11.4 Å². The summed E-state index contributed by atoms with van der Waals surface area (Å²) in [6.45, 7) is 2.27. The van der Waals surface area contributed by atoms with Gasteiger partial charge in [-0.05, 0) is 56.4 Å². The molecule has 0 spiro atoms. The van der Waals surface area contributed by atoms with E-state index in [0.29, 0.717) is 6.42 Å². The highest BCUT2D eigenvalue weighted by atomic mass is 16.3. The molecule has 0 saturated carbocycles. The van der Waals surface area contributed by atoms with E-state index in [-0.39, 0.29) is 12.7 Å². The number of aromatic nitrogens is 1. The first-order chi connectivity index (χ1) is 9.70. The van der Waals surface area contributed by atoms with Crippen molar-refractivity contribution in [3.05, 3.63) is 52.8 Å². The fourth-order valence-electron chi connectivity index (χ4n) is 3.18. The van der Waals surface area contributed by atoms with Crippen LogP contribution in [0, 0.1) is 6.92 Å². The minimum Gasteiger partial charge on any atom is -0.396 e. The summed E-state index contributed by atoms with van der Waals surface area (Å²) in [5.74, 6) is 0. The molecule has 0 saturated heterocycles. The number of rotatable bonds is 3. The molecule has 3 rings (SSSR count). The first-order valence-electron chi connectivity index (χ1n) is 7.30. The number of benzene rings is 1. The molecule has 0 radical (unpaired) electrons. The molecule has 106 valence electrons. The lowest BCUT2D eigenvalue weighted by atomic mass is 9.95. The Morgan fingerprint density at radius 3 is 2.70 bits per heavy atom. The molecule has 0 aliphatic heterocycles. The number of hydrogen-bond acceptors (Lipinski definition) is 2. The lowest BCUT2D eigenvalue weighted by Gasteiger charge is -2.20. The summed E-state index contributed by atoms with van der Waals surface area (Å²) in [6.07, 6.45) is 3.32. The van der Waals surface area contributed by atoms with Crippen LogP contribution in [-0.2, 0) is 12.8 Å². The van der Waals surface area contributed by atoms with Crippen LogP contribution in [0.2, 0.25) is 0 Å². The Kier molecular flexibility index (Phi) is 3.64. The molecule has 1 aromatic heterocycles. The van der Waals surface area contributed by atoms with Crippen molar-refractivity contribution in [3.8, 4) is 5.69 Å². The van der Waals surface area contributed by atoms with Crippen LogP contribution in [0.1, 0.15) is 41.5 Å². The van der Waals surface area contributed by atoms with Crippen LogP contribution in [0.3, 0.4) is 0 Å². The van der Waals surface area contributed by atoms with Gasteiger partial charge in [-0.25, -0.2) is 0 Å². The van der Waals surface area contributed by atoms with Crippen LogP contribution in [-0.4, -0.2) is 21.4 Å². The molecule has 3 heteroatoms. The van der Waals surface area contributed by atoms with Crippen LogP contribution in [0.4, 0.5) is 0 Å². The van der Waals surface area contributed by atoms with Crippen LogP contribution in [0.5, 0.6) is 0 Å². The Morgan fingerprint density at radius 2 is 2.00 bits per heavy atom. The van der Waals surface area contributed by atoms with Crippen LogP contribution in [0.15, 0.2) is 30.3 Å². The van der Waals surface area contributed by atoms with Crippen molar-refractivity contribution in [2.45, 2.75) is 38.7 Å².